The smallest absolute Gasteiger partial charge is 0.226 e. The van der Waals surface area contributed by atoms with Crippen molar-refractivity contribution in [2.24, 2.45) is 5.41 Å². The highest BCUT2D eigenvalue weighted by molar-refractivity contribution is 5.85. The van der Waals surface area contributed by atoms with E-state index in [0.717, 1.165) is 51.7 Å². The van der Waals surface area contributed by atoms with Gasteiger partial charge in [-0.05, 0) is 32.2 Å². The number of rotatable bonds is 8. The predicted octanol–water partition coefficient (Wildman–Crippen LogP) is 1.68. The number of carbonyl (C=O) groups is 1. The van der Waals surface area contributed by atoms with E-state index in [-0.39, 0.29) is 11.3 Å². The fourth-order valence-corrected chi connectivity index (χ4v) is 1.97. The van der Waals surface area contributed by atoms with Crippen molar-refractivity contribution in [3.8, 4) is 0 Å². The van der Waals surface area contributed by atoms with E-state index >= 15 is 0 Å². The molecule has 0 atom stereocenters. The second kappa shape index (κ2) is 6.11. The number of hydrogen-bond acceptors (Lipinski definition) is 2. The van der Waals surface area contributed by atoms with Crippen molar-refractivity contribution in [1.29, 1.82) is 0 Å². The standard InChI is InChI=1S/C12H24N2O/c1-3-5-12(6-7-12)11(15)14-10-9-13-8-4-2/h13H,3-10H2,1-2H3,(H,14,15). The van der Waals surface area contributed by atoms with Gasteiger partial charge in [-0.25, -0.2) is 0 Å². The second-order valence-corrected chi connectivity index (χ2v) is 4.54. The first-order valence-electron chi connectivity index (χ1n) is 6.24. The molecule has 1 aliphatic carbocycles. The lowest BCUT2D eigenvalue weighted by Gasteiger charge is -2.14. The summed E-state index contributed by atoms with van der Waals surface area (Å²) in [5.74, 6) is 0.280. The quantitative estimate of drug-likeness (QED) is 0.601. The predicted molar refractivity (Wildman–Crippen MR) is 62.7 cm³/mol. The molecule has 0 saturated heterocycles. The van der Waals surface area contributed by atoms with Crippen molar-refractivity contribution >= 4 is 5.91 Å². The number of carbonyl (C=O) groups excluding carboxylic acids is 1. The Morgan fingerprint density at radius 3 is 2.40 bits per heavy atom. The van der Waals surface area contributed by atoms with Crippen molar-refractivity contribution < 1.29 is 4.79 Å². The zero-order chi connectivity index (χ0) is 11.1. The Balaban J connectivity index is 2.08. The molecule has 2 N–H and O–H groups in total. The van der Waals surface area contributed by atoms with Crippen LogP contribution in [0.5, 0.6) is 0 Å². The third-order valence-corrected chi connectivity index (χ3v) is 3.08. The molecule has 1 saturated carbocycles. The van der Waals surface area contributed by atoms with Crippen molar-refractivity contribution in [2.45, 2.75) is 46.0 Å². The Kier molecular flexibility index (Phi) is 5.09. The summed E-state index contributed by atoms with van der Waals surface area (Å²) in [6.45, 7) is 6.99. The summed E-state index contributed by atoms with van der Waals surface area (Å²) in [4.78, 5) is 11.8. The first-order valence-corrected chi connectivity index (χ1v) is 6.24. The van der Waals surface area contributed by atoms with Gasteiger partial charge in [-0.3, -0.25) is 4.79 Å². The van der Waals surface area contributed by atoms with E-state index in [9.17, 15) is 4.79 Å². The molecule has 0 radical (unpaired) electrons. The molecular weight excluding hydrogens is 188 g/mol. The Labute approximate surface area is 93.0 Å². The largest absolute Gasteiger partial charge is 0.354 e. The summed E-state index contributed by atoms with van der Waals surface area (Å²) in [6.07, 6.45) is 5.50. The van der Waals surface area contributed by atoms with Gasteiger partial charge in [0.1, 0.15) is 0 Å². The zero-order valence-corrected chi connectivity index (χ0v) is 10.1. The van der Waals surface area contributed by atoms with Crippen LogP contribution in [-0.4, -0.2) is 25.5 Å². The van der Waals surface area contributed by atoms with E-state index in [1.54, 1.807) is 0 Å². The maximum atomic E-state index is 11.8. The topological polar surface area (TPSA) is 41.1 Å². The normalized spacial score (nSPS) is 17.5. The lowest BCUT2D eigenvalue weighted by molar-refractivity contribution is -0.126. The fraction of sp³-hybridized carbons (Fsp3) is 0.917. The average molecular weight is 212 g/mol. The average Bonchev–Trinajstić information content (AvgIpc) is 2.99. The molecule has 1 rings (SSSR count). The zero-order valence-electron chi connectivity index (χ0n) is 10.1. The maximum absolute atomic E-state index is 11.8. The minimum atomic E-state index is 0.0273. The fourth-order valence-electron chi connectivity index (χ4n) is 1.97. The van der Waals surface area contributed by atoms with Crippen LogP contribution in [0.15, 0.2) is 0 Å². The van der Waals surface area contributed by atoms with E-state index in [2.05, 4.69) is 24.5 Å². The molecule has 0 aromatic heterocycles. The lowest BCUT2D eigenvalue weighted by atomic mass is 10.00. The molecule has 0 bridgehead atoms. The van der Waals surface area contributed by atoms with Crippen molar-refractivity contribution in [3.63, 3.8) is 0 Å². The van der Waals surface area contributed by atoms with Gasteiger partial charge in [-0.15, -0.1) is 0 Å². The molecule has 0 unspecified atom stereocenters. The van der Waals surface area contributed by atoms with Gasteiger partial charge >= 0.3 is 0 Å². The van der Waals surface area contributed by atoms with Crippen LogP contribution in [0.3, 0.4) is 0 Å². The van der Waals surface area contributed by atoms with Gasteiger partial charge in [0.25, 0.3) is 0 Å². The molecule has 88 valence electrons. The summed E-state index contributed by atoms with van der Waals surface area (Å²) in [6, 6.07) is 0. The third kappa shape index (κ3) is 3.82. The molecule has 3 heteroatoms. The molecule has 1 fully saturated rings. The SMILES string of the molecule is CCCNCCNC(=O)C1(CCC)CC1. The molecule has 1 amide bonds. The summed E-state index contributed by atoms with van der Waals surface area (Å²) >= 11 is 0. The first-order chi connectivity index (χ1) is 7.25. The van der Waals surface area contributed by atoms with Crippen LogP contribution in [0.2, 0.25) is 0 Å². The van der Waals surface area contributed by atoms with Crippen molar-refractivity contribution in [3.05, 3.63) is 0 Å². The van der Waals surface area contributed by atoms with E-state index in [0.29, 0.717) is 0 Å². The molecule has 0 aromatic carbocycles. The van der Waals surface area contributed by atoms with E-state index in [1.807, 2.05) is 0 Å². The van der Waals surface area contributed by atoms with E-state index < -0.39 is 0 Å². The number of amides is 1. The van der Waals surface area contributed by atoms with Crippen LogP contribution in [0.1, 0.15) is 46.0 Å². The molecule has 0 spiro atoms. The first kappa shape index (κ1) is 12.5. The Bertz CT molecular complexity index is 200. The minimum Gasteiger partial charge on any atom is -0.354 e. The highest BCUT2D eigenvalue weighted by Gasteiger charge is 2.48. The second-order valence-electron chi connectivity index (χ2n) is 4.54. The Morgan fingerprint density at radius 2 is 1.87 bits per heavy atom. The van der Waals surface area contributed by atoms with Crippen LogP contribution < -0.4 is 10.6 Å². The van der Waals surface area contributed by atoms with E-state index in [4.69, 9.17) is 0 Å². The molecule has 1 aliphatic rings. The van der Waals surface area contributed by atoms with Gasteiger partial charge < -0.3 is 10.6 Å². The van der Waals surface area contributed by atoms with E-state index in [1.165, 1.54) is 0 Å². The summed E-state index contributed by atoms with van der Waals surface area (Å²) in [7, 11) is 0. The third-order valence-electron chi connectivity index (χ3n) is 3.08. The molecule has 0 aliphatic heterocycles. The minimum absolute atomic E-state index is 0.0273. The van der Waals surface area contributed by atoms with Gasteiger partial charge in [0.15, 0.2) is 0 Å². The molecule has 0 heterocycles. The summed E-state index contributed by atoms with van der Waals surface area (Å²) < 4.78 is 0. The van der Waals surface area contributed by atoms with Crippen LogP contribution in [0.25, 0.3) is 0 Å². The van der Waals surface area contributed by atoms with Gasteiger partial charge in [-0.1, -0.05) is 20.3 Å². The molecule has 15 heavy (non-hydrogen) atoms. The van der Waals surface area contributed by atoms with Crippen LogP contribution >= 0.6 is 0 Å². The van der Waals surface area contributed by atoms with Crippen molar-refractivity contribution in [2.75, 3.05) is 19.6 Å². The Morgan fingerprint density at radius 1 is 1.13 bits per heavy atom. The van der Waals surface area contributed by atoms with Crippen LogP contribution in [-0.2, 0) is 4.79 Å². The van der Waals surface area contributed by atoms with Crippen LogP contribution in [0.4, 0.5) is 0 Å². The van der Waals surface area contributed by atoms with Gasteiger partial charge in [0.2, 0.25) is 5.91 Å². The number of nitrogens with one attached hydrogen (secondary N) is 2. The maximum Gasteiger partial charge on any atom is 0.226 e. The van der Waals surface area contributed by atoms with Gasteiger partial charge in [0.05, 0.1) is 0 Å². The van der Waals surface area contributed by atoms with Crippen molar-refractivity contribution in [1.82, 2.24) is 10.6 Å². The summed E-state index contributed by atoms with van der Waals surface area (Å²) in [5, 5.41) is 6.31. The highest BCUT2D eigenvalue weighted by atomic mass is 16.2. The highest BCUT2D eigenvalue weighted by Crippen LogP contribution is 2.49. The number of hydrogen-bond donors (Lipinski definition) is 2. The Hall–Kier alpha value is -0.570. The summed E-state index contributed by atoms with van der Waals surface area (Å²) in [5.41, 5.74) is 0.0273. The molecular formula is C12H24N2O. The van der Waals surface area contributed by atoms with Gasteiger partial charge in [-0.2, -0.15) is 0 Å². The molecule has 3 nitrogen and oxygen atoms in total. The lowest BCUT2D eigenvalue weighted by Crippen LogP contribution is -2.36. The van der Waals surface area contributed by atoms with Gasteiger partial charge in [0, 0.05) is 18.5 Å². The monoisotopic (exact) mass is 212 g/mol. The molecule has 0 aromatic rings. The van der Waals surface area contributed by atoms with Crippen LogP contribution in [0, 0.1) is 5.41 Å².